The first-order chi connectivity index (χ1) is 9.26. The molecule has 0 saturated carbocycles. The summed E-state index contributed by atoms with van der Waals surface area (Å²) < 4.78 is 5.44. The summed E-state index contributed by atoms with van der Waals surface area (Å²) in [5.74, 6) is 0.811. The van der Waals surface area contributed by atoms with Crippen LogP contribution in [0.5, 0.6) is 5.75 Å². The van der Waals surface area contributed by atoms with Gasteiger partial charge in [-0.2, -0.15) is 0 Å². The molecule has 1 aliphatic heterocycles. The van der Waals surface area contributed by atoms with Crippen molar-refractivity contribution >= 4 is 5.91 Å². The highest BCUT2D eigenvalue weighted by Crippen LogP contribution is 2.21. The van der Waals surface area contributed by atoms with Crippen LogP contribution in [0.25, 0.3) is 0 Å². The van der Waals surface area contributed by atoms with E-state index in [1.54, 1.807) is 0 Å². The monoisotopic (exact) mass is 262 g/mol. The number of carbonyl (C=O) groups excluding carboxylic acids is 1. The van der Waals surface area contributed by atoms with Crippen molar-refractivity contribution in [2.75, 3.05) is 19.7 Å². The van der Waals surface area contributed by atoms with E-state index in [-0.39, 0.29) is 11.9 Å². The van der Waals surface area contributed by atoms with Crippen LogP contribution in [0.2, 0.25) is 0 Å². The third-order valence-electron chi connectivity index (χ3n) is 3.55. The summed E-state index contributed by atoms with van der Waals surface area (Å²) >= 11 is 0. The Hall–Kier alpha value is -1.55. The second kappa shape index (κ2) is 6.57. The molecule has 1 heterocycles. The molecule has 0 aromatic heterocycles. The van der Waals surface area contributed by atoms with E-state index in [2.05, 4.69) is 0 Å². The third kappa shape index (κ3) is 3.26. The van der Waals surface area contributed by atoms with Gasteiger partial charge in [0, 0.05) is 24.7 Å². The molecule has 1 fully saturated rings. The second-order valence-electron chi connectivity index (χ2n) is 4.84. The first-order valence-corrected chi connectivity index (χ1v) is 7.00. The van der Waals surface area contributed by atoms with E-state index < -0.39 is 0 Å². The van der Waals surface area contributed by atoms with E-state index in [4.69, 9.17) is 10.5 Å². The van der Waals surface area contributed by atoms with Crippen LogP contribution in [0.1, 0.15) is 36.5 Å². The molecule has 0 radical (unpaired) electrons. The lowest BCUT2D eigenvalue weighted by atomic mass is 10.0. The van der Waals surface area contributed by atoms with Gasteiger partial charge in [-0.25, -0.2) is 0 Å². The van der Waals surface area contributed by atoms with Gasteiger partial charge in [-0.3, -0.25) is 4.79 Å². The van der Waals surface area contributed by atoms with Gasteiger partial charge >= 0.3 is 0 Å². The van der Waals surface area contributed by atoms with Crippen molar-refractivity contribution in [3.63, 3.8) is 0 Å². The van der Waals surface area contributed by atoms with Crippen LogP contribution in [0, 0.1) is 0 Å². The predicted octanol–water partition coefficient (Wildman–Crippen LogP) is 2.04. The van der Waals surface area contributed by atoms with E-state index in [0.29, 0.717) is 18.7 Å². The molecule has 0 bridgehead atoms. The number of hydrogen-bond donors (Lipinski definition) is 1. The molecule has 0 spiro atoms. The van der Waals surface area contributed by atoms with Gasteiger partial charge in [0.15, 0.2) is 0 Å². The highest BCUT2D eigenvalue weighted by Gasteiger charge is 2.26. The van der Waals surface area contributed by atoms with Gasteiger partial charge in [0.1, 0.15) is 5.75 Å². The van der Waals surface area contributed by atoms with E-state index in [1.165, 1.54) is 0 Å². The van der Waals surface area contributed by atoms with E-state index >= 15 is 0 Å². The maximum absolute atomic E-state index is 12.5. The summed E-state index contributed by atoms with van der Waals surface area (Å²) in [6, 6.07) is 7.56. The summed E-state index contributed by atoms with van der Waals surface area (Å²) in [5, 5.41) is 0. The lowest BCUT2D eigenvalue weighted by Gasteiger charge is -2.35. The highest BCUT2D eigenvalue weighted by molar-refractivity contribution is 5.94. The summed E-state index contributed by atoms with van der Waals surface area (Å²) in [5.41, 5.74) is 6.45. The normalized spacial score (nSPS) is 19.3. The maximum Gasteiger partial charge on any atom is 0.254 e. The van der Waals surface area contributed by atoms with Crippen molar-refractivity contribution in [3.8, 4) is 5.75 Å². The Morgan fingerprint density at radius 3 is 3.05 bits per heavy atom. The van der Waals surface area contributed by atoms with Gasteiger partial charge < -0.3 is 15.4 Å². The first-order valence-electron chi connectivity index (χ1n) is 7.00. The molecule has 1 aliphatic rings. The molecule has 104 valence electrons. The number of nitrogens with zero attached hydrogens (tertiary/aromatic N) is 1. The van der Waals surface area contributed by atoms with Crippen LogP contribution < -0.4 is 10.5 Å². The van der Waals surface area contributed by atoms with Gasteiger partial charge in [-0.15, -0.1) is 0 Å². The van der Waals surface area contributed by atoms with Crippen molar-refractivity contribution < 1.29 is 9.53 Å². The SMILES string of the molecule is CCOc1cccc(C(=O)N2CCCCC2CN)c1. The largest absolute Gasteiger partial charge is 0.494 e. The summed E-state index contributed by atoms with van der Waals surface area (Å²) in [4.78, 5) is 14.5. The van der Waals surface area contributed by atoms with Crippen LogP contribution >= 0.6 is 0 Å². The Bertz CT molecular complexity index is 434. The zero-order chi connectivity index (χ0) is 13.7. The van der Waals surface area contributed by atoms with Gasteiger partial charge in [0.2, 0.25) is 0 Å². The molecule has 1 aromatic rings. The van der Waals surface area contributed by atoms with Crippen LogP contribution in [-0.4, -0.2) is 36.5 Å². The number of carbonyl (C=O) groups is 1. The average molecular weight is 262 g/mol. The number of amides is 1. The number of nitrogens with two attached hydrogens (primary N) is 1. The van der Waals surface area contributed by atoms with Gasteiger partial charge in [-0.05, 0) is 44.4 Å². The molecule has 4 nitrogen and oxygen atoms in total. The molecule has 4 heteroatoms. The Balaban J connectivity index is 2.15. The van der Waals surface area contributed by atoms with Crippen LogP contribution in [0.4, 0.5) is 0 Å². The van der Waals surface area contributed by atoms with E-state index in [9.17, 15) is 4.79 Å². The zero-order valence-electron chi connectivity index (χ0n) is 11.5. The fourth-order valence-corrected chi connectivity index (χ4v) is 2.56. The number of piperidine rings is 1. The minimum absolute atomic E-state index is 0.0664. The topological polar surface area (TPSA) is 55.6 Å². The first kappa shape index (κ1) is 13.9. The van der Waals surface area contributed by atoms with Crippen LogP contribution in [0.3, 0.4) is 0 Å². The minimum atomic E-state index is 0.0664. The minimum Gasteiger partial charge on any atom is -0.494 e. The summed E-state index contributed by atoms with van der Waals surface area (Å²) in [6.45, 7) is 3.88. The number of rotatable bonds is 4. The molecule has 1 atom stereocenters. The zero-order valence-corrected chi connectivity index (χ0v) is 11.5. The molecule has 1 unspecified atom stereocenters. The molecule has 2 rings (SSSR count). The number of likely N-dealkylation sites (tertiary alicyclic amines) is 1. The van der Waals surface area contributed by atoms with Crippen molar-refractivity contribution in [2.24, 2.45) is 5.73 Å². The van der Waals surface area contributed by atoms with Gasteiger partial charge in [0.25, 0.3) is 5.91 Å². The Morgan fingerprint density at radius 2 is 2.32 bits per heavy atom. The van der Waals surface area contributed by atoms with Crippen LogP contribution in [0.15, 0.2) is 24.3 Å². The Morgan fingerprint density at radius 1 is 1.47 bits per heavy atom. The number of ether oxygens (including phenoxy) is 1. The Kier molecular flexibility index (Phi) is 4.80. The van der Waals surface area contributed by atoms with Crippen molar-refractivity contribution in [2.45, 2.75) is 32.2 Å². The lowest BCUT2D eigenvalue weighted by Crippen LogP contribution is -2.47. The van der Waals surface area contributed by atoms with Gasteiger partial charge in [0.05, 0.1) is 6.61 Å². The maximum atomic E-state index is 12.5. The van der Waals surface area contributed by atoms with Crippen molar-refractivity contribution in [3.05, 3.63) is 29.8 Å². The molecule has 19 heavy (non-hydrogen) atoms. The molecular formula is C15H22N2O2. The smallest absolute Gasteiger partial charge is 0.254 e. The molecule has 0 aliphatic carbocycles. The fraction of sp³-hybridized carbons (Fsp3) is 0.533. The fourth-order valence-electron chi connectivity index (χ4n) is 2.56. The van der Waals surface area contributed by atoms with E-state index in [1.807, 2.05) is 36.1 Å². The Labute approximate surface area is 114 Å². The molecule has 1 amide bonds. The second-order valence-corrected chi connectivity index (χ2v) is 4.84. The predicted molar refractivity (Wildman–Crippen MR) is 75.3 cm³/mol. The number of benzene rings is 1. The van der Waals surface area contributed by atoms with Gasteiger partial charge in [-0.1, -0.05) is 6.07 Å². The number of hydrogen-bond acceptors (Lipinski definition) is 3. The molecule has 1 aromatic carbocycles. The average Bonchev–Trinajstić information content (AvgIpc) is 2.47. The van der Waals surface area contributed by atoms with Crippen LogP contribution in [-0.2, 0) is 0 Å². The quantitative estimate of drug-likeness (QED) is 0.903. The van der Waals surface area contributed by atoms with Crippen molar-refractivity contribution in [1.29, 1.82) is 0 Å². The summed E-state index contributed by atoms with van der Waals surface area (Å²) in [7, 11) is 0. The third-order valence-corrected chi connectivity index (χ3v) is 3.55. The molecule has 2 N–H and O–H groups in total. The van der Waals surface area contributed by atoms with Crippen molar-refractivity contribution in [1.82, 2.24) is 4.90 Å². The highest BCUT2D eigenvalue weighted by atomic mass is 16.5. The lowest BCUT2D eigenvalue weighted by molar-refractivity contribution is 0.0623. The standard InChI is InChI=1S/C15H22N2O2/c1-2-19-14-8-5-6-12(10-14)15(18)17-9-4-3-7-13(17)11-16/h5-6,8,10,13H,2-4,7,9,11,16H2,1H3. The molecular weight excluding hydrogens is 240 g/mol. The molecule has 1 saturated heterocycles. The summed E-state index contributed by atoms with van der Waals surface area (Å²) in [6.07, 6.45) is 3.23. The van der Waals surface area contributed by atoms with E-state index in [0.717, 1.165) is 31.6 Å².